The summed E-state index contributed by atoms with van der Waals surface area (Å²) in [4.78, 5) is 47.7. The number of fused-ring (bicyclic) bond motifs is 1. The molecular formula is C24H17ClN4O5S. The maximum Gasteiger partial charge on any atom is 0.281 e. The Morgan fingerprint density at radius 2 is 1.60 bits per heavy atom. The number of hydrogen-bond acceptors (Lipinski definition) is 6. The van der Waals surface area contributed by atoms with Crippen LogP contribution in [0.25, 0.3) is 10.1 Å². The first-order valence-electron chi connectivity index (χ1n) is 10.2. The van der Waals surface area contributed by atoms with E-state index in [4.69, 9.17) is 11.6 Å². The van der Waals surface area contributed by atoms with E-state index in [1.54, 1.807) is 12.1 Å². The molecule has 176 valence electrons. The summed E-state index contributed by atoms with van der Waals surface area (Å²) in [6, 6.07) is 19.6. The molecule has 0 saturated carbocycles. The fourth-order valence-corrected chi connectivity index (χ4v) is 4.69. The van der Waals surface area contributed by atoms with Crippen LogP contribution in [0.1, 0.15) is 25.6 Å². The van der Waals surface area contributed by atoms with Crippen molar-refractivity contribution in [3.63, 3.8) is 0 Å². The molecule has 3 N–H and O–H groups in total. The Balaban J connectivity index is 1.35. The number of thiophene rings is 1. The molecule has 0 fully saturated rings. The van der Waals surface area contributed by atoms with Gasteiger partial charge in [0.05, 0.1) is 16.4 Å². The zero-order chi connectivity index (χ0) is 24.9. The Morgan fingerprint density at radius 3 is 2.29 bits per heavy atom. The molecule has 9 nitrogen and oxygen atoms in total. The number of rotatable bonds is 6. The first-order valence-corrected chi connectivity index (χ1v) is 11.4. The van der Waals surface area contributed by atoms with Crippen molar-refractivity contribution in [3.8, 4) is 0 Å². The molecule has 3 amide bonds. The van der Waals surface area contributed by atoms with Crippen LogP contribution in [-0.2, 0) is 11.2 Å². The SMILES string of the molecule is O=C(Cc1ccccc1)Nc1ccc(C(=O)NNC(=O)c2sc3cc([N+](=O)[O-])ccc3c2Cl)cc1. The normalized spacial score (nSPS) is 10.5. The number of hydrogen-bond donors (Lipinski definition) is 3. The summed E-state index contributed by atoms with van der Waals surface area (Å²) in [6.07, 6.45) is 0.225. The predicted octanol–water partition coefficient (Wildman–Crippen LogP) is 4.72. The average molecular weight is 509 g/mol. The Labute approximate surface area is 207 Å². The van der Waals surface area contributed by atoms with Crippen LogP contribution >= 0.6 is 22.9 Å². The molecule has 0 atom stereocenters. The van der Waals surface area contributed by atoms with E-state index in [0.717, 1.165) is 16.9 Å². The molecule has 0 aliphatic carbocycles. The molecular weight excluding hydrogens is 492 g/mol. The van der Waals surface area contributed by atoms with Crippen molar-refractivity contribution in [1.82, 2.24) is 10.9 Å². The fourth-order valence-electron chi connectivity index (χ4n) is 3.25. The number of anilines is 1. The highest BCUT2D eigenvalue weighted by atomic mass is 35.5. The first-order chi connectivity index (χ1) is 16.8. The molecule has 4 rings (SSSR count). The number of amides is 3. The van der Waals surface area contributed by atoms with E-state index in [1.165, 1.54) is 30.3 Å². The zero-order valence-corrected chi connectivity index (χ0v) is 19.5. The highest BCUT2D eigenvalue weighted by molar-refractivity contribution is 7.21. The molecule has 0 aliphatic rings. The number of nitro benzene ring substituents is 1. The summed E-state index contributed by atoms with van der Waals surface area (Å²) in [5.41, 5.74) is 6.15. The lowest BCUT2D eigenvalue weighted by Crippen LogP contribution is -2.41. The molecule has 0 unspecified atom stereocenters. The van der Waals surface area contributed by atoms with Gasteiger partial charge in [0.15, 0.2) is 0 Å². The standard InChI is InChI=1S/C24H17ClN4O5S/c25-21-18-11-10-17(29(33)34)13-19(18)35-22(21)24(32)28-27-23(31)15-6-8-16(9-7-15)26-20(30)12-14-4-2-1-3-5-14/h1-11,13H,12H2,(H,26,30)(H,27,31)(H,28,32). The van der Waals surface area contributed by atoms with Crippen LogP contribution in [0.4, 0.5) is 11.4 Å². The Hall–Kier alpha value is -4.28. The molecule has 0 saturated heterocycles. The summed E-state index contributed by atoms with van der Waals surface area (Å²) in [7, 11) is 0. The smallest absolute Gasteiger partial charge is 0.281 e. The quantitative estimate of drug-likeness (QED) is 0.256. The van der Waals surface area contributed by atoms with Crippen molar-refractivity contribution in [2.45, 2.75) is 6.42 Å². The van der Waals surface area contributed by atoms with Crippen molar-refractivity contribution in [3.05, 3.63) is 104 Å². The van der Waals surface area contributed by atoms with Gasteiger partial charge in [-0.25, -0.2) is 0 Å². The summed E-state index contributed by atoms with van der Waals surface area (Å²) in [5, 5.41) is 14.4. The highest BCUT2D eigenvalue weighted by Crippen LogP contribution is 2.37. The number of carbonyl (C=O) groups is 3. The summed E-state index contributed by atoms with van der Waals surface area (Å²) >= 11 is 7.24. The van der Waals surface area contributed by atoms with Crippen molar-refractivity contribution < 1.29 is 19.3 Å². The van der Waals surface area contributed by atoms with Crippen LogP contribution in [0.5, 0.6) is 0 Å². The van der Waals surface area contributed by atoms with Gasteiger partial charge in [-0.15, -0.1) is 11.3 Å². The number of non-ortho nitro benzene ring substituents is 1. The maximum absolute atomic E-state index is 12.5. The minimum atomic E-state index is -0.656. The number of nitro groups is 1. The molecule has 0 radical (unpaired) electrons. The van der Waals surface area contributed by atoms with E-state index < -0.39 is 16.7 Å². The van der Waals surface area contributed by atoms with Crippen LogP contribution in [0, 0.1) is 10.1 Å². The minimum absolute atomic E-state index is 0.110. The third-order valence-electron chi connectivity index (χ3n) is 4.96. The van der Waals surface area contributed by atoms with Gasteiger partial charge in [-0.3, -0.25) is 35.3 Å². The average Bonchev–Trinajstić information content (AvgIpc) is 3.19. The number of nitrogens with one attached hydrogen (secondary N) is 3. The lowest BCUT2D eigenvalue weighted by molar-refractivity contribution is -0.384. The van der Waals surface area contributed by atoms with Gasteiger partial charge in [0.25, 0.3) is 17.5 Å². The van der Waals surface area contributed by atoms with Gasteiger partial charge >= 0.3 is 0 Å². The van der Waals surface area contributed by atoms with Gasteiger partial charge in [-0.2, -0.15) is 0 Å². The monoisotopic (exact) mass is 508 g/mol. The van der Waals surface area contributed by atoms with Crippen LogP contribution in [0.3, 0.4) is 0 Å². The van der Waals surface area contributed by atoms with Crippen molar-refractivity contribution >= 4 is 62.1 Å². The molecule has 11 heteroatoms. The van der Waals surface area contributed by atoms with E-state index in [-0.39, 0.29) is 33.5 Å². The number of carbonyl (C=O) groups excluding carboxylic acids is 3. The van der Waals surface area contributed by atoms with Crippen LogP contribution in [0.15, 0.2) is 72.8 Å². The second-order valence-corrected chi connectivity index (χ2v) is 8.81. The lowest BCUT2D eigenvalue weighted by Gasteiger charge is -2.08. The molecule has 35 heavy (non-hydrogen) atoms. The van der Waals surface area contributed by atoms with Gasteiger partial charge in [0.1, 0.15) is 4.88 Å². The second-order valence-electron chi connectivity index (χ2n) is 7.38. The second kappa shape index (κ2) is 10.3. The number of benzene rings is 3. The predicted molar refractivity (Wildman–Crippen MR) is 134 cm³/mol. The molecule has 3 aromatic carbocycles. The van der Waals surface area contributed by atoms with E-state index >= 15 is 0 Å². The van der Waals surface area contributed by atoms with E-state index in [9.17, 15) is 24.5 Å². The first kappa shape index (κ1) is 23.9. The minimum Gasteiger partial charge on any atom is -0.326 e. The summed E-state index contributed by atoms with van der Waals surface area (Å²) in [6.45, 7) is 0. The van der Waals surface area contributed by atoms with Gasteiger partial charge in [-0.05, 0) is 35.9 Å². The Kier molecular flexibility index (Phi) is 7.04. The molecule has 4 aromatic rings. The largest absolute Gasteiger partial charge is 0.326 e. The maximum atomic E-state index is 12.5. The van der Waals surface area contributed by atoms with Gasteiger partial charge in [0.2, 0.25) is 5.91 Å². The summed E-state index contributed by atoms with van der Waals surface area (Å²) < 4.78 is 0.477. The van der Waals surface area contributed by atoms with Crippen LogP contribution in [-0.4, -0.2) is 22.6 Å². The number of halogens is 1. The zero-order valence-electron chi connectivity index (χ0n) is 17.9. The fraction of sp³-hybridized carbons (Fsp3) is 0.0417. The van der Waals surface area contributed by atoms with Crippen molar-refractivity contribution in [1.29, 1.82) is 0 Å². The third-order valence-corrected chi connectivity index (χ3v) is 6.61. The molecule has 1 heterocycles. The molecule has 1 aromatic heterocycles. The third kappa shape index (κ3) is 5.62. The van der Waals surface area contributed by atoms with E-state index in [1.807, 2.05) is 30.3 Å². The van der Waals surface area contributed by atoms with Gasteiger partial charge in [-0.1, -0.05) is 41.9 Å². The van der Waals surface area contributed by atoms with Gasteiger partial charge < -0.3 is 5.32 Å². The van der Waals surface area contributed by atoms with Crippen LogP contribution in [0.2, 0.25) is 5.02 Å². The molecule has 0 bridgehead atoms. The number of hydrazine groups is 1. The Bertz CT molecular complexity index is 1440. The highest BCUT2D eigenvalue weighted by Gasteiger charge is 2.20. The topological polar surface area (TPSA) is 130 Å². The van der Waals surface area contributed by atoms with Gasteiger partial charge in [0, 0.05) is 33.5 Å². The Morgan fingerprint density at radius 1 is 0.914 bits per heavy atom. The van der Waals surface area contributed by atoms with Crippen molar-refractivity contribution in [2.75, 3.05) is 5.32 Å². The van der Waals surface area contributed by atoms with Crippen molar-refractivity contribution in [2.24, 2.45) is 0 Å². The van der Waals surface area contributed by atoms with E-state index in [2.05, 4.69) is 16.2 Å². The van der Waals surface area contributed by atoms with Crippen LogP contribution < -0.4 is 16.2 Å². The molecule has 0 spiro atoms. The lowest BCUT2D eigenvalue weighted by atomic mass is 10.1. The summed E-state index contributed by atoms with van der Waals surface area (Å²) in [5.74, 6) is -1.42. The van der Waals surface area contributed by atoms with E-state index in [0.29, 0.717) is 15.8 Å². The molecule has 0 aliphatic heterocycles. The number of nitrogens with zero attached hydrogens (tertiary/aromatic N) is 1.